The van der Waals surface area contributed by atoms with Crippen LogP contribution >= 0.6 is 12.2 Å². The van der Waals surface area contributed by atoms with Gasteiger partial charge in [0.25, 0.3) is 5.56 Å². The molecule has 0 aliphatic heterocycles. The number of rotatable bonds is 1. The van der Waals surface area contributed by atoms with Gasteiger partial charge in [0, 0.05) is 6.07 Å². The molecule has 9 heteroatoms. The average Bonchev–Trinajstić information content (AvgIpc) is 1.99. The molecule has 1 rings (SSSR count). The molecule has 0 aliphatic carbocycles. The number of nitrogens with one attached hydrogen (secondary N) is 2. The summed E-state index contributed by atoms with van der Waals surface area (Å²) in [6, 6.07) is 0.114. The Morgan fingerprint density at radius 2 is 1.67 bits per heavy atom. The van der Waals surface area contributed by atoms with Crippen molar-refractivity contribution < 1.29 is 22.0 Å². The molecule has 0 atom stereocenters. The number of aromatic nitrogens is 2. The van der Waals surface area contributed by atoms with Gasteiger partial charge in [0.2, 0.25) is 0 Å². The second-order valence-electron chi connectivity index (χ2n) is 2.57. The zero-order chi connectivity index (χ0) is 11.9. The van der Waals surface area contributed by atoms with E-state index < -0.39 is 28.1 Å². The lowest BCUT2D eigenvalue weighted by molar-refractivity contribution is -0.291. The Morgan fingerprint density at radius 3 is 2.07 bits per heavy atom. The minimum Gasteiger partial charge on any atom is -0.330 e. The van der Waals surface area contributed by atoms with Crippen LogP contribution in [-0.2, 0) is 5.92 Å². The van der Waals surface area contributed by atoms with Crippen molar-refractivity contribution >= 4 is 12.2 Å². The van der Waals surface area contributed by atoms with E-state index in [4.69, 9.17) is 0 Å². The molecule has 1 aromatic heterocycles. The van der Waals surface area contributed by atoms with Crippen LogP contribution in [0, 0.1) is 4.77 Å². The number of H-pyrrole nitrogens is 2. The molecule has 0 radical (unpaired) electrons. The summed E-state index contributed by atoms with van der Waals surface area (Å²) >= 11 is 4.27. The first-order chi connectivity index (χ1) is 6.64. The minimum absolute atomic E-state index is 0.114. The normalized spacial score (nSPS) is 12.9. The lowest BCUT2D eigenvalue weighted by atomic mass is 10.2. The Labute approximate surface area is 83.9 Å². The van der Waals surface area contributed by atoms with Gasteiger partial charge in [0.15, 0.2) is 4.77 Å². The van der Waals surface area contributed by atoms with Crippen LogP contribution in [0.5, 0.6) is 0 Å². The van der Waals surface area contributed by atoms with Gasteiger partial charge in [-0.2, -0.15) is 22.0 Å². The molecular weight excluding hydrogens is 243 g/mol. The maximum Gasteiger partial charge on any atom is 0.459 e. The van der Waals surface area contributed by atoms with Crippen LogP contribution < -0.4 is 5.56 Å². The van der Waals surface area contributed by atoms with E-state index in [1.165, 1.54) is 0 Å². The molecule has 0 fully saturated rings. The van der Waals surface area contributed by atoms with Gasteiger partial charge in [0.05, 0.1) is 0 Å². The Hall–Kier alpha value is -1.25. The first-order valence-electron chi connectivity index (χ1n) is 3.43. The zero-order valence-electron chi connectivity index (χ0n) is 6.78. The van der Waals surface area contributed by atoms with Crippen molar-refractivity contribution in [2.45, 2.75) is 12.1 Å². The quantitative estimate of drug-likeness (QED) is 0.588. The number of alkyl halides is 5. The van der Waals surface area contributed by atoms with E-state index in [0.29, 0.717) is 0 Å². The Morgan fingerprint density at radius 1 is 1.13 bits per heavy atom. The van der Waals surface area contributed by atoms with Crippen LogP contribution in [0.2, 0.25) is 0 Å². The summed E-state index contributed by atoms with van der Waals surface area (Å²) in [5.41, 5.74) is -2.71. The van der Waals surface area contributed by atoms with Crippen LogP contribution in [0.1, 0.15) is 5.69 Å². The highest BCUT2D eigenvalue weighted by Crippen LogP contribution is 2.42. The van der Waals surface area contributed by atoms with Gasteiger partial charge in [0.1, 0.15) is 5.69 Å². The third-order valence-corrected chi connectivity index (χ3v) is 1.66. The van der Waals surface area contributed by atoms with Gasteiger partial charge in [-0.05, 0) is 12.2 Å². The largest absolute Gasteiger partial charge is 0.459 e. The van der Waals surface area contributed by atoms with Crippen molar-refractivity contribution in [3.8, 4) is 0 Å². The SMILES string of the molecule is O=c1cc(C(F)(F)C(F)(F)F)[nH]c(=S)[nH]1. The van der Waals surface area contributed by atoms with E-state index in [9.17, 15) is 26.7 Å². The molecule has 0 saturated heterocycles. The average molecular weight is 246 g/mol. The van der Waals surface area contributed by atoms with Crippen molar-refractivity contribution in [1.82, 2.24) is 9.97 Å². The molecule has 2 N–H and O–H groups in total. The smallest absolute Gasteiger partial charge is 0.330 e. The molecule has 0 spiro atoms. The molecule has 3 nitrogen and oxygen atoms in total. The van der Waals surface area contributed by atoms with Crippen molar-refractivity contribution in [1.29, 1.82) is 0 Å². The molecule has 0 bridgehead atoms. The standard InChI is InChI=1S/C6H3F5N2OS/c7-5(8,6(9,10)11)2-1-3(14)13-4(15)12-2/h1H,(H2,12,13,14,15). The number of hydrogen-bond acceptors (Lipinski definition) is 2. The first-order valence-corrected chi connectivity index (χ1v) is 3.84. The Balaban J connectivity index is 3.40. The van der Waals surface area contributed by atoms with Gasteiger partial charge < -0.3 is 4.98 Å². The molecule has 0 aromatic carbocycles. The van der Waals surface area contributed by atoms with Crippen LogP contribution in [0.4, 0.5) is 22.0 Å². The summed E-state index contributed by atoms with van der Waals surface area (Å²) in [5.74, 6) is -5.13. The molecule has 0 amide bonds. The molecule has 1 aromatic rings. The maximum absolute atomic E-state index is 12.7. The van der Waals surface area contributed by atoms with Crippen molar-refractivity contribution in [2.75, 3.05) is 0 Å². The fourth-order valence-corrected chi connectivity index (χ4v) is 1.00. The third-order valence-electron chi connectivity index (χ3n) is 1.45. The fourth-order valence-electron chi connectivity index (χ4n) is 0.791. The zero-order valence-corrected chi connectivity index (χ0v) is 7.60. The Bertz CT molecular complexity index is 445. The summed E-state index contributed by atoms with van der Waals surface area (Å²) in [6.45, 7) is 0. The number of aromatic amines is 2. The van der Waals surface area contributed by atoms with E-state index in [1.54, 1.807) is 4.98 Å². The van der Waals surface area contributed by atoms with Gasteiger partial charge in [-0.3, -0.25) is 9.78 Å². The first kappa shape index (κ1) is 11.8. The van der Waals surface area contributed by atoms with E-state index in [0.717, 1.165) is 0 Å². The van der Waals surface area contributed by atoms with Crippen molar-refractivity contribution in [3.63, 3.8) is 0 Å². The van der Waals surface area contributed by atoms with Gasteiger partial charge in [-0.1, -0.05) is 0 Å². The molecule has 1 heterocycles. The highest BCUT2D eigenvalue weighted by molar-refractivity contribution is 7.71. The summed E-state index contributed by atoms with van der Waals surface area (Å²) in [6.07, 6.45) is -5.78. The van der Waals surface area contributed by atoms with E-state index in [1.807, 2.05) is 4.98 Å². The maximum atomic E-state index is 12.7. The lowest BCUT2D eigenvalue weighted by Gasteiger charge is -2.18. The van der Waals surface area contributed by atoms with Crippen LogP contribution in [0.3, 0.4) is 0 Å². The minimum atomic E-state index is -5.78. The predicted molar refractivity (Wildman–Crippen MR) is 42.2 cm³/mol. The number of halogens is 5. The summed E-state index contributed by atoms with van der Waals surface area (Å²) in [5, 5.41) is 0. The van der Waals surface area contributed by atoms with E-state index in [-0.39, 0.29) is 6.07 Å². The van der Waals surface area contributed by atoms with E-state index in [2.05, 4.69) is 12.2 Å². The molecule has 0 unspecified atom stereocenters. The summed E-state index contributed by atoms with van der Waals surface area (Å²) < 4.78 is 60.3. The Kier molecular flexibility index (Phi) is 2.68. The van der Waals surface area contributed by atoms with Crippen LogP contribution in [0.15, 0.2) is 10.9 Å². The van der Waals surface area contributed by atoms with E-state index >= 15 is 0 Å². The molecule has 15 heavy (non-hydrogen) atoms. The monoisotopic (exact) mass is 246 g/mol. The summed E-state index contributed by atoms with van der Waals surface area (Å²) in [4.78, 5) is 14.1. The molecular formula is C6H3F5N2OS. The van der Waals surface area contributed by atoms with Gasteiger partial charge >= 0.3 is 12.1 Å². The van der Waals surface area contributed by atoms with Gasteiger partial charge in [-0.25, -0.2) is 0 Å². The third kappa shape index (κ3) is 2.22. The number of hydrogen-bond donors (Lipinski definition) is 2. The second kappa shape index (κ2) is 3.40. The fraction of sp³-hybridized carbons (Fsp3) is 0.333. The molecule has 0 saturated carbocycles. The molecule has 84 valence electrons. The highest BCUT2D eigenvalue weighted by Gasteiger charge is 2.59. The van der Waals surface area contributed by atoms with Crippen molar-refractivity contribution in [3.05, 3.63) is 26.9 Å². The predicted octanol–water partition coefficient (Wildman–Crippen LogP) is 2.09. The molecule has 0 aliphatic rings. The van der Waals surface area contributed by atoms with Gasteiger partial charge in [-0.15, -0.1) is 0 Å². The topological polar surface area (TPSA) is 48.6 Å². The van der Waals surface area contributed by atoms with Crippen molar-refractivity contribution in [2.24, 2.45) is 0 Å². The second-order valence-corrected chi connectivity index (χ2v) is 2.98. The summed E-state index contributed by atoms with van der Waals surface area (Å²) in [7, 11) is 0. The van der Waals surface area contributed by atoms with Crippen LogP contribution in [0.25, 0.3) is 0 Å². The highest BCUT2D eigenvalue weighted by atomic mass is 32.1. The van der Waals surface area contributed by atoms with Crippen LogP contribution in [-0.4, -0.2) is 16.1 Å². The lowest BCUT2D eigenvalue weighted by Crippen LogP contribution is -2.35.